The summed E-state index contributed by atoms with van der Waals surface area (Å²) in [4.78, 5) is 41.6. The summed E-state index contributed by atoms with van der Waals surface area (Å²) in [7, 11) is 1.24. The van der Waals surface area contributed by atoms with Gasteiger partial charge in [-0.25, -0.2) is 9.78 Å². The topological polar surface area (TPSA) is 107 Å². The Balaban J connectivity index is 1.78. The lowest BCUT2D eigenvalue weighted by Crippen LogP contribution is -2.59. The highest BCUT2D eigenvalue weighted by molar-refractivity contribution is 6.00. The monoisotopic (exact) mass is 349 g/mol. The number of ether oxygens (including phenoxy) is 3. The minimum Gasteiger partial charge on any atom is -0.472 e. The van der Waals surface area contributed by atoms with Gasteiger partial charge in [-0.2, -0.15) is 0 Å². The lowest BCUT2D eigenvalue weighted by molar-refractivity contribution is -0.147. The largest absolute Gasteiger partial charge is 0.472 e. The van der Waals surface area contributed by atoms with Crippen LogP contribution in [0.15, 0.2) is 18.3 Å². The summed E-state index contributed by atoms with van der Waals surface area (Å²) in [5.41, 5.74) is 0.285. The number of methoxy groups -OCH3 is 1. The smallest absolute Gasteiger partial charge is 0.330 e. The van der Waals surface area contributed by atoms with Gasteiger partial charge in [0.1, 0.15) is 18.7 Å². The van der Waals surface area contributed by atoms with Crippen molar-refractivity contribution < 1.29 is 28.6 Å². The third kappa shape index (κ3) is 3.87. The third-order valence-electron chi connectivity index (χ3n) is 4.07. The molecule has 1 aromatic heterocycles. The van der Waals surface area contributed by atoms with Crippen molar-refractivity contribution in [1.82, 2.24) is 15.2 Å². The molecule has 0 aliphatic carbocycles. The molecule has 3 heterocycles. The van der Waals surface area contributed by atoms with Crippen molar-refractivity contribution in [2.75, 3.05) is 33.4 Å². The standard InChI is InChI=1S/C16H19N3O6/c1-23-16(22)12-7-18-13(20)8-19(12)15(21)10-2-4-17-14(6-10)25-11-3-5-24-9-11/h2,4,6,11-12H,3,5,7-9H2,1H3,(H,18,20). The van der Waals surface area contributed by atoms with Crippen molar-refractivity contribution in [3.63, 3.8) is 0 Å². The molecule has 9 nitrogen and oxygen atoms in total. The Morgan fingerprint density at radius 3 is 3.00 bits per heavy atom. The highest BCUT2D eigenvalue weighted by Crippen LogP contribution is 2.18. The van der Waals surface area contributed by atoms with Crippen LogP contribution in [0.2, 0.25) is 0 Å². The van der Waals surface area contributed by atoms with Gasteiger partial charge in [0.05, 0.1) is 20.3 Å². The lowest BCUT2D eigenvalue weighted by atomic mass is 10.1. The van der Waals surface area contributed by atoms with E-state index < -0.39 is 17.9 Å². The minimum atomic E-state index is -0.865. The Morgan fingerprint density at radius 1 is 1.44 bits per heavy atom. The van der Waals surface area contributed by atoms with Crippen molar-refractivity contribution >= 4 is 17.8 Å². The molecule has 2 unspecified atom stereocenters. The van der Waals surface area contributed by atoms with Crippen LogP contribution in [-0.2, 0) is 19.1 Å². The third-order valence-corrected chi connectivity index (χ3v) is 4.07. The molecule has 0 bridgehead atoms. The van der Waals surface area contributed by atoms with Crippen LogP contribution < -0.4 is 10.1 Å². The molecule has 2 saturated heterocycles. The van der Waals surface area contributed by atoms with Crippen LogP contribution in [0.3, 0.4) is 0 Å². The molecule has 1 aromatic rings. The number of carbonyl (C=O) groups excluding carboxylic acids is 3. The molecule has 0 spiro atoms. The zero-order valence-corrected chi connectivity index (χ0v) is 13.8. The molecule has 0 radical (unpaired) electrons. The van der Waals surface area contributed by atoms with Crippen molar-refractivity contribution in [2.45, 2.75) is 18.6 Å². The zero-order chi connectivity index (χ0) is 17.8. The Labute approximate surface area is 144 Å². The van der Waals surface area contributed by atoms with Crippen LogP contribution in [0.4, 0.5) is 0 Å². The molecule has 3 rings (SSSR count). The Hall–Kier alpha value is -2.68. The normalized spacial score (nSPS) is 23.1. The number of aromatic nitrogens is 1. The Bertz CT molecular complexity index is 674. The Morgan fingerprint density at radius 2 is 2.28 bits per heavy atom. The average molecular weight is 349 g/mol. The van der Waals surface area contributed by atoms with Crippen LogP contribution in [0.1, 0.15) is 16.8 Å². The summed E-state index contributed by atoms with van der Waals surface area (Å²) < 4.78 is 15.7. The molecule has 25 heavy (non-hydrogen) atoms. The number of piperazine rings is 1. The second-order valence-electron chi connectivity index (χ2n) is 5.76. The van der Waals surface area contributed by atoms with Crippen LogP contribution >= 0.6 is 0 Å². The summed E-state index contributed by atoms with van der Waals surface area (Å²) in [5, 5.41) is 2.56. The van der Waals surface area contributed by atoms with E-state index in [1.807, 2.05) is 0 Å². The van der Waals surface area contributed by atoms with Gasteiger partial charge in [-0.05, 0) is 6.07 Å². The highest BCUT2D eigenvalue weighted by atomic mass is 16.5. The molecule has 1 N–H and O–H groups in total. The van der Waals surface area contributed by atoms with Gasteiger partial charge in [0.15, 0.2) is 0 Å². The number of amides is 2. The van der Waals surface area contributed by atoms with E-state index in [0.29, 0.717) is 19.1 Å². The first-order valence-corrected chi connectivity index (χ1v) is 7.94. The van der Waals surface area contributed by atoms with Crippen molar-refractivity contribution in [2.24, 2.45) is 0 Å². The highest BCUT2D eigenvalue weighted by Gasteiger charge is 2.36. The molecular formula is C16H19N3O6. The number of carbonyl (C=O) groups is 3. The van der Waals surface area contributed by atoms with Crippen LogP contribution in [0, 0.1) is 0 Å². The van der Waals surface area contributed by atoms with Gasteiger partial charge >= 0.3 is 5.97 Å². The second-order valence-corrected chi connectivity index (χ2v) is 5.76. The Kier molecular flexibility index (Phi) is 5.13. The number of rotatable bonds is 4. The molecule has 2 aliphatic rings. The summed E-state index contributed by atoms with van der Waals surface area (Å²) in [6.45, 7) is 0.919. The van der Waals surface area contributed by atoms with Gasteiger partial charge in [0, 0.05) is 30.8 Å². The first kappa shape index (κ1) is 17.2. The quantitative estimate of drug-likeness (QED) is 0.721. The fourth-order valence-electron chi connectivity index (χ4n) is 2.75. The molecule has 0 saturated carbocycles. The van der Waals surface area contributed by atoms with Crippen LogP contribution in [0.25, 0.3) is 0 Å². The van der Waals surface area contributed by atoms with Gasteiger partial charge in [-0.3, -0.25) is 9.59 Å². The number of hydrogen-bond donors (Lipinski definition) is 1. The average Bonchev–Trinajstić information content (AvgIpc) is 3.13. The van der Waals surface area contributed by atoms with E-state index in [2.05, 4.69) is 10.3 Å². The SMILES string of the molecule is COC(=O)C1CNC(=O)CN1C(=O)c1ccnc(OC2CCOC2)c1. The van der Waals surface area contributed by atoms with Crippen molar-refractivity contribution in [1.29, 1.82) is 0 Å². The summed E-state index contributed by atoms with van der Waals surface area (Å²) in [6.07, 6.45) is 2.12. The van der Waals surface area contributed by atoms with Crippen molar-refractivity contribution in [3.05, 3.63) is 23.9 Å². The van der Waals surface area contributed by atoms with Gasteiger partial charge in [-0.15, -0.1) is 0 Å². The molecular weight excluding hydrogens is 330 g/mol. The summed E-state index contributed by atoms with van der Waals surface area (Å²) in [6, 6.07) is 2.15. The van der Waals surface area contributed by atoms with E-state index in [9.17, 15) is 14.4 Å². The lowest BCUT2D eigenvalue weighted by Gasteiger charge is -2.33. The minimum absolute atomic E-state index is 0.0189. The second kappa shape index (κ2) is 7.47. The molecule has 2 fully saturated rings. The number of nitrogens with one attached hydrogen (secondary N) is 1. The maximum Gasteiger partial charge on any atom is 0.330 e. The first-order chi connectivity index (χ1) is 12.1. The molecule has 134 valence electrons. The molecule has 2 amide bonds. The number of pyridine rings is 1. The van der Waals surface area contributed by atoms with Gasteiger partial charge in [0.25, 0.3) is 5.91 Å². The maximum atomic E-state index is 12.8. The number of esters is 1. The van der Waals surface area contributed by atoms with Gasteiger partial charge in [0.2, 0.25) is 11.8 Å². The van der Waals surface area contributed by atoms with E-state index in [0.717, 1.165) is 6.42 Å². The first-order valence-electron chi connectivity index (χ1n) is 7.94. The van der Waals surface area contributed by atoms with Gasteiger partial charge < -0.3 is 24.4 Å². The molecule has 2 aliphatic heterocycles. The predicted octanol–water partition coefficient (Wildman–Crippen LogP) is -0.637. The van der Waals surface area contributed by atoms with E-state index in [1.165, 1.54) is 30.3 Å². The van der Waals surface area contributed by atoms with Crippen molar-refractivity contribution in [3.8, 4) is 5.88 Å². The summed E-state index contributed by atoms with van der Waals surface area (Å²) >= 11 is 0. The fraction of sp³-hybridized carbons (Fsp3) is 0.500. The molecule has 9 heteroatoms. The van der Waals surface area contributed by atoms with E-state index >= 15 is 0 Å². The number of hydrogen-bond acceptors (Lipinski definition) is 7. The van der Waals surface area contributed by atoms with Gasteiger partial charge in [-0.1, -0.05) is 0 Å². The maximum absolute atomic E-state index is 12.8. The zero-order valence-electron chi connectivity index (χ0n) is 13.8. The number of nitrogens with zero attached hydrogens (tertiary/aromatic N) is 2. The van der Waals surface area contributed by atoms with Crippen LogP contribution in [0.5, 0.6) is 5.88 Å². The molecule has 0 aromatic carbocycles. The molecule has 2 atom stereocenters. The van der Waals surface area contributed by atoms with E-state index in [4.69, 9.17) is 14.2 Å². The predicted molar refractivity (Wildman–Crippen MR) is 83.9 cm³/mol. The van der Waals surface area contributed by atoms with E-state index in [1.54, 1.807) is 0 Å². The summed E-state index contributed by atoms with van der Waals surface area (Å²) in [5.74, 6) is -1.07. The van der Waals surface area contributed by atoms with Crippen LogP contribution in [-0.4, -0.2) is 73.2 Å². The van der Waals surface area contributed by atoms with E-state index in [-0.39, 0.29) is 30.7 Å². The fourth-order valence-corrected chi connectivity index (χ4v) is 2.75.